The topological polar surface area (TPSA) is 93.0 Å². The molecule has 0 aliphatic carbocycles. The quantitative estimate of drug-likeness (QED) is 0.698. The fraction of sp³-hybridized carbons (Fsp3) is 0.231. The van der Waals surface area contributed by atoms with Crippen LogP contribution in [-0.4, -0.2) is 29.5 Å². The molecule has 6 nitrogen and oxygen atoms in total. The Morgan fingerprint density at radius 1 is 1.53 bits per heavy atom. The highest BCUT2D eigenvalue weighted by Crippen LogP contribution is 2.23. The molecule has 0 bridgehead atoms. The van der Waals surface area contributed by atoms with E-state index in [4.69, 9.17) is 10.5 Å². The van der Waals surface area contributed by atoms with Crippen LogP contribution in [0, 0.1) is 0 Å². The Labute approximate surface area is 111 Å². The lowest BCUT2D eigenvalue weighted by atomic mass is 10.1. The average molecular weight is 260 g/mol. The van der Waals surface area contributed by atoms with Crippen LogP contribution in [0.5, 0.6) is 5.75 Å². The van der Waals surface area contributed by atoms with Gasteiger partial charge in [-0.3, -0.25) is 4.79 Å². The van der Waals surface area contributed by atoms with E-state index in [0.29, 0.717) is 30.0 Å². The van der Waals surface area contributed by atoms with E-state index in [1.807, 2.05) is 0 Å². The van der Waals surface area contributed by atoms with E-state index >= 15 is 0 Å². The van der Waals surface area contributed by atoms with E-state index in [1.165, 1.54) is 7.11 Å². The number of nitrogens with one attached hydrogen (secondary N) is 2. The summed E-state index contributed by atoms with van der Waals surface area (Å²) < 4.78 is 5.14. The number of nitrogens with zero attached hydrogens (tertiary/aromatic N) is 1. The SMILES string of the molecule is COc1cccc(N)c1C(=O)NCCc1cnc[nH]1. The van der Waals surface area contributed by atoms with E-state index in [9.17, 15) is 4.79 Å². The number of carbonyl (C=O) groups excluding carboxylic acids is 1. The van der Waals surface area contributed by atoms with Crippen molar-refractivity contribution in [3.8, 4) is 5.75 Å². The molecule has 19 heavy (non-hydrogen) atoms. The molecule has 100 valence electrons. The number of ether oxygens (including phenoxy) is 1. The lowest BCUT2D eigenvalue weighted by Gasteiger charge is -2.11. The van der Waals surface area contributed by atoms with Crippen molar-refractivity contribution in [2.24, 2.45) is 0 Å². The van der Waals surface area contributed by atoms with Gasteiger partial charge in [0.15, 0.2) is 0 Å². The molecule has 0 radical (unpaired) electrons. The number of methoxy groups -OCH3 is 1. The summed E-state index contributed by atoms with van der Waals surface area (Å²) >= 11 is 0. The van der Waals surface area contributed by atoms with Crippen LogP contribution in [0.2, 0.25) is 0 Å². The molecule has 0 fully saturated rings. The van der Waals surface area contributed by atoms with Gasteiger partial charge in [-0.2, -0.15) is 0 Å². The van der Waals surface area contributed by atoms with Crippen LogP contribution < -0.4 is 15.8 Å². The maximum atomic E-state index is 12.1. The number of aromatic nitrogens is 2. The molecular weight excluding hydrogens is 244 g/mol. The molecule has 1 aromatic carbocycles. The number of nitrogen functional groups attached to an aromatic ring is 1. The van der Waals surface area contributed by atoms with Gasteiger partial charge in [-0.15, -0.1) is 0 Å². The third-order valence-electron chi connectivity index (χ3n) is 2.74. The lowest BCUT2D eigenvalue weighted by molar-refractivity contribution is 0.0952. The first-order valence-electron chi connectivity index (χ1n) is 5.90. The molecule has 0 spiro atoms. The molecule has 0 aliphatic rings. The highest BCUT2D eigenvalue weighted by atomic mass is 16.5. The summed E-state index contributed by atoms with van der Waals surface area (Å²) in [5.41, 5.74) is 7.54. The second-order valence-corrected chi connectivity index (χ2v) is 4.01. The van der Waals surface area contributed by atoms with Crippen molar-refractivity contribution >= 4 is 11.6 Å². The number of amides is 1. The van der Waals surface area contributed by atoms with Crippen molar-refractivity contribution in [1.29, 1.82) is 0 Å². The zero-order valence-corrected chi connectivity index (χ0v) is 10.6. The number of H-pyrrole nitrogens is 1. The minimum atomic E-state index is -0.241. The predicted molar refractivity (Wildman–Crippen MR) is 72.0 cm³/mol. The summed E-state index contributed by atoms with van der Waals surface area (Å²) in [4.78, 5) is 19.0. The highest BCUT2D eigenvalue weighted by Gasteiger charge is 2.15. The molecule has 0 aliphatic heterocycles. The summed E-state index contributed by atoms with van der Waals surface area (Å²) in [6, 6.07) is 5.13. The Hall–Kier alpha value is -2.50. The van der Waals surface area contributed by atoms with Crippen molar-refractivity contribution in [2.45, 2.75) is 6.42 Å². The monoisotopic (exact) mass is 260 g/mol. The first-order chi connectivity index (χ1) is 9.22. The third-order valence-corrected chi connectivity index (χ3v) is 2.74. The van der Waals surface area contributed by atoms with Gasteiger partial charge in [0, 0.05) is 30.5 Å². The number of carbonyl (C=O) groups is 1. The van der Waals surface area contributed by atoms with Crippen molar-refractivity contribution in [1.82, 2.24) is 15.3 Å². The molecule has 4 N–H and O–H groups in total. The number of aromatic amines is 1. The summed E-state index contributed by atoms with van der Waals surface area (Å²) in [5.74, 6) is 0.230. The molecule has 6 heteroatoms. The number of imidazole rings is 1. The zero-order valence-electron chi connectivity index (χ0n) is 10.6. The predicted octanol–water partition coefficient (Wildman–Crippen LogP) is 0.973. The smallest absolute Gasteiger partial charge is 0.257 e. The van der Waals surface area contributed by atoms with Crippen molar-refractivity contribution < 1.29 is 9.53 Å². The van der Waals surface area contributed by atoms with Crippen LogP contribution in [0.15, 0.2) is 30.7 Å². The van der Waals surface area contributed by atoms with Gasteiger partial charge in [0.05, 0.1) is 13.4 Å². The lowest BCUT2D eigenvalue weighted by Crippen LogP contribution is -2.27. The second-order valence-electron chi connectivity index (χ2n) is 4.01. The fourth-order valence-corrected chi connectivity index (χ4v) is 1.78. The minimum Gasteiger partial charge on any atom is -0.496 e. The Kier molecular flexibility index (Phi) is 4.02. The van der Waals surface area contributed by atoms with Crippen LogP contribution >= 0.6 is 0 Å². The Bertz CT molecular complexity index is 552. The molecule has 0 saturated heterocycles. The Morgan fingerprint density at radius 3 is 3.05 bits per heavy atom. The number of hydrogen-bond acceptors (Lipinski definition) is 4. The Morgan fingerprint density at radius 2 is 2.37 bits per heavy atom. The van der Waals surface area contributed by atoms with Gasteiger partial charge in [-0.05, 0) is 12.1 Å². The van der Waals surface area contributed by atoms with Crippen LogP contribution in [0.4, 0.5) is 5.69 Å². The number of nitrogens with two attached hydrogens (primary N) is 1. The Balaban J connectivity index is 2.00. The number of benzene rings is 1. The molecule has 1 heterocycles. The summed E-state index contributed by atoms with van der Waals surface area (Å²) in [6.45, 7) is 0.499. The summed E-state index contributed by atoms with van der Waals surface area (Å²) in [7, 11) is 1.51. The van der Waals surface area contributed by atoms with Crippen LogP contribution in [0.25, 0.3) is 0 Å². The van der Waals surface area contributed by atoms with E-state index in [2.05, 4.69) is 15.3 Å². The van der Waals surface area contributed by atoms with Crippen molar-refractivity contribution in [3.63, 3.8) is 0 Å². The highest BCUT2D eigenvalue weighted by molar-refractivity contribution is 6.01. The maximum Gasteiger partial charge on any atom is 0.257 e. The van der Waals surface area contributed by atoms with Crippen LogP contribution in [0.1, 0.15) is 16.1 Å². The van der Waals surface area contributed by atoms with Gasteiger partial charge in [-0.25, -0.2) is 4.98 Å². The zero-order chi connectivity index (χ0) is 13.7. The van der Waals surface area contributed by atoms with E-state index in [0.717, 1.165) is 5.69 Å². The van der Waals surface area contributed by atoms with Gasteiger partial charge in [0.1, 0.15) is 11.3 Å². The number of rotatable bonds is 5. The van der Waals surface area contributed by atoms with E-state index in [-0.39, 0.29) is 5.91 Å². The third kappa shape index (κ3) is 3.04. The largest absolute Gasteiger partial charge is 0.496 e. The normalized spacial score (nSPS) is 10.2. The average Bonchev–Trinajstić information content (AvgIpc) is 2.91. The molecule has 2 aromatic rings. The standard InChI is InChI=1S/C13H16N4O2/c1-19-11-4-2-3-10(14)12(11)13(18)16-6-5-9-7-15-8-17-9/h2-4,7-8H,5-6,14H2,1H3,(H,15,17)(H,16,18). The fourth-order valence-electron chi connectivity index (χ4n) is 1.78. The first kappa shape index (κ1) is 12.9. The van der Waals surface area contributed by atoms with Gasteiger partial charge in [0.25, 0.3) is 5.91 Å². The number of hydrogen-bond donors (Lipinski definition) is 3. The van der Waals surface area contributed by atoms with Gasteiger partial charge in [0.2, 0.25) is 0 Å². The molecule has 2 rings (SSSR count). The molecule has 1 aromatic heterocycles. The first-order valence-corrected chi connectivity index (χ1v) is 5.90. The molecule has 0 atom stereocenters. The van der Waals surface area contributed by atoms with E-state index < -0.39 is 0 Å². The summed E-state index contributed by atoms with van der Waals surface area (Å²) in [5, 5.41) is 2.81. The molecular formula is C13H16N4O2. The van der Waals surface area contributed by atoms with Crippen LogP contribution in [-0.2, 0) is 6.42 Å². The van der Waals surface area contributed by atoms with Gasteiger partial charge < -0.3 is 20.8 Å². The minimum absolute atomic E-state index is 0.241. The molecule has 1 amide bonds. The van der Waals surface area contributed by atoms with Crippen molar-refractivity contribution in [2.75, 3.05) is 19.4 Å². The molecule has 0 saturated carbocycles. The van der Waals surface area contributed by atoms with Crippen LogP contribution in [0.3, 0.4) is 0 Å². The van der Waals surface area contributed by atoms with Gasteiger partial charge in [-0.1, -0.05) is 6.07 Å². The van der Waals surface area contributed by atoms with E-state index in [1.54, 1.807) is 30.7 Å². The number of anilines is 1. The van der Waals surface area contributed by atoms with Gasteiger partial charge >= 0.3 is 0 Å². The maximum absolute atomic E-state index is 12.1. The summed E-state index contributed by atoms with van der Waals surface area (Å²) in [6.07, 6.45) is 4.01. The molecule has 0 unspecified atom stereocenters. The van der Waals surface area contributed by atoms with Crippen molar-refractivity contribution in [3.05, 3.63) is 42.0 Å². The second kappa shape index (κ2) is 5.90.